The Morgan fingerprint density at radius 3 is 2.60 bits per heavy atom. The number of fused-ring (bicyclic) bond motifs is 1. The maximum Gasteiger partial charge on any atom is 0.251 e. The van der Waals surface area contributed by atoms with E-state index in [1.807, 2.05) is 18.2 Å². The molecule has 0 fully saturated rings. The third-order valence-corrected chi connectivity index (χ3v) is 6.74. The minimum Gasteiger partial charge on any atom is -0.495 e. The van der Waals surface area contributed by atoms with E-state index in [9.17, 15) is 13.2 Å². The van der Waals surface area contributed by atoms with Crippen LogP contribution >= 0.6 is 15.9 Å². The number of ether oxygens (including phenoxy) is 2. The molecule has 162 valence electrons. The van der Waals surface area contributed by atoms with Crippen molar-refractivity contribution in [1.29, 1.82) is 0 Å². The second kappa shape index (κ2) is 8.56. The quantitative estimate of drug-likeness (QED) is 0.656. The van der Waals surface area contributed by atoms with Crippen molar-refractivity contribution in [2.75, 3.05) is 13.7 Å². The maximum absolute atomic E-state index is 13.0. The summed E-state index contributed by atoms with van der Waals surface area (Å²) >= 11 is 3.44. The van der Waals surface area contributed by atoms with Gasteiger partial charge in [0.25, 0.3) is 5.91 Å². The fraction of sp³-hybridized carbons (Fsp3) is 0.381. The Morgan fingerprint density at radius 1 is 1.20 bits per heavy atom. The van der Waals surface area contributed by atoms with Crippen molar-refractivity contribution in [3.8, 4) is 11.5 Å². The molecule has 0 bridgehead atoms. The molecule has 2 aromatic carbocycles. The molecule has 0 aromatic heterocycles. The van der Waals surface area contributed by atoms with E-state index in [-0.39, 0.29) is 28.2 Å². The lowest BCUT2D eigenvalue weighted by Crippen LogP contribution is -2.40. The van der Waals surface area contributed by atoms with Crippen LogP contribution in [0.4, 0.5) is 0 Å². The van der Waals surface area contributed by atoms with Gasteiger partial charge in [-0.2, -0.15) is 0 Å². The van der Waals surface area contributed by atoms with Gasteiger partial charge in [-0.05, 0) is 57.2 Å². The van der Waals surface area contributed by atoms with E-state index < -0.39 is 15.6 Å². The van der Waals surface area contributed by atoms with E-state index in [0.717, 1.165) is 15.8 Å². The summed E-state index contributed by atoms with van der Waals surface area (Å²) in [7, 11) is -2.49. The average Bonchev–Trinajstić information content (AvgIpc) is 2.66. The smallest absolute Gasteiger partial charge is 0.251 e. The molecule has 0 spiro atoms. The van der Waals surface area contributed by atoms with Crippen LogP contribution in [0, 0.1) is 0 Å². The molecule has 7 nitrogen and oxygen atoms in total. The van der Waals surface area contributed by atoms with Crippen LogP contribution in [0.15, 0.2) is 45.8 Å². The molecule has 2 N–H and O–H groups in total. The zero-order chi connectivity index (χ0) is 22.1. The van der Waals surface area contributed by atoms with Crippen molar-refractivity contribution >= 4 is 31.9 Å². The Bertz CT molecular complexity index is 1060. The van der Waals surface area contributed by atoms with Gasteiger partial charge in [0.05, 0.1) is 19.8 Å². The largest absolute Gasteiger partial charge is 0.495 e. The number of hydrogen-bond donors (Lipinski definition) is 2. The van der Waals surface area contributed by atoms with Crippen molar-refractivity contribution in [1.82, 2.24) is 10.0 Å². The highest BCUT2D eigenvalue weighted by molar-refractivity contribution is 9.10. The van der Waals surface area contributed by atoms with Crippen molar-refractivity contribution in [3.63, 3.8) is 0 Å². The van der Waals surface area contributed by atoms with Gasteiger partial charge in [0.15, 0.2) is 0 Å². The summed E-state index contributed by atoms with van der Waals surface area (Å²) in [4.78, 5) is 12.9. The Hall–Kier alpha value is -2.10. The van der Waals surface area contributed by atoms with Crippen LogP contribution in [0.25, 0.3) is 0 Å². The molecule has 1 unspecified atom stereocenters. The predicted molar refractivity (Wildman–Crippen MR) is 118 cm³/mol. The Balaban J connectivity index is 1.90. The van der Waals surface area contributed by atoms with Gasteiger partial charge in [0.2, 0.25) is 10.0 Å². The van der Waals surface area contributed by atoms with E-state index in [1.165, 1.54) is 19.2 Å². The Labute approximate surface area is 185 Å². The third-order valence-electron chi connectivity index (χ3n) is 4.47. The van der Waals surface area contributed by atoms with E-state index in [0.29, 0.717) is 13.0 Å². The summed E-state index contributed by atoms with van der Waals surface area (Å²) < 4.78 is 40.1. The molecular formula is C21H25BrN2O5S. The average molecular weight is 497 g/mol. The van der Waals surface area contributed by atoms with Gasteiger partial charge in [-0.3, -0.25) is 4.79 Å². The van der Waals surface area contributed by atoms with Gasteiger partial charge < -0.3 is 14.8 Å². The van der Waals surface area contributed by atoms with Crippen LogP contribution in [0.1, 0.15) is 49.2 Å². The van der Waals surface area contributed by atoms with Crippen LogP contribution in [-0.2, 0) is 10.0 Å². The molecule has 1 heterocycles. The summed E-state index contributed by atoms with van der Waals surface area (Å²) in [5.74, 6) is 0.522. The molecule has 30 heavy (non-hydrogen) atoms. The summed E-state index contributed by atoms with van der Waals surface area (Å²) in [5.41, 5.74) is 0.425. The van der Waals surface area contributed by atoms with Crippen molar-refractivity contribution < 1.29 is 22.7 Å². The van der Waals surface area contributed by atoms with Crippen LogP contribution < -0.4 is 19.5 Å². The number of rotatable bonds is 5. The number of sulfonamides is 1. The summed E-state index contributed by atoms with van der Waals surface area (Å²) in [6.07, 6.45) is 0.613. The lowest BCUT2D eigenvalue weighted by molar-refractivity contribution is 0.0924. The number of nitrogens with one attached hydrogen (secondary N) is 2. The first-order valence-corrected chi connectivity index (χ1v) is 11.7. The Morgan fingerprint density at radius 2 is 1.93 bits per heavy atom. The summed E-state index contributed by atoms with van der Waals surface area (Å²) in [5, 5.41) is 2.99. The highest BCUT2D eigenvalue weighted by Gasteiger charge is 2.28. The number of carbonyl (C=O) groups excluding carboxylic acids is 1. The second-order valence-electron chi connectivity index (χ2n) is 8.07. The molecule has 1 amide bonds. The molecule has 1 aliphatic rings. The maximum atomic E-state index is 13.0. The zero-order valence-electron chi connectivity index (χ0n) is 17.3. The van der Waals surface area contributed by atoms with Crippen LogP contribution in [0.2, 0.25) is 0 Å². The third kappa shape index (κ3) is 5.14. The molecule has 9 heteroatoms. The fourth-order valence-electron chi connectivity index (χ4n) is 3.24. The SMILES string of the molecule is COc1ccc(C(=O)NC2CCOc3ccc(Br)cc32)cc1S(=O)(=O)NC(C)(C)C. The normalized spacial score (nSPS) is 16.4. The first-order chi connectivity index (χ1) is 14.0. The van der Waals surface area contributed by atoms with Gasteiger partial charge in [-0.15, -0.1) is 0 Å². The number of carbonyl (C=O) groups is 1. The van der Waals surface area contributed by atoms with Gasteiger partial charge in [-0.1, -0.05) is 15.9 Å². The topological polar surface area (TPSA) is 93.7 Å². The van der Waals surface area contributed by atoms with Crippen LogP contribution in [-0.4, -0.2) is 33.6 Å². The van der Waals surface area contributed by atoms with Crippen LogP contribution in [0.3, 0.4) is 0 Å². The zero-order valence-corrected chi connectivity index (χ0v) is 19.7. The minimum absolute atomic E-state index is 0.0808. The predicted octanol–water partition coefficient (Wildman–Crippen LogP) is 3.79. The number of methoxy groups -OCH3 is 1. The van der Waals surface area contributed by atoms with E-state index in [1.54, 1.807) is 26.8 Å². The van der Waals surface area contributed by atoms with Gasteiger partial charge in [-0.25, -0.2) is 13.1 Å². The van der Waals surface area contributed by atoms with E-state index >= 15 is 0 Å². The number of amides is 1. The first-order valence-electron chi connectivity index (χ1n) is 9.45. The number of halogens is 1. The van der Waals surface area contributed by atoms with Gasteiger partial charge in [0.1, 0.15) is 16.4 Å². The van der Waals surface area contributed by atoms with E-state index in [4.69, 9.17) is 9.47 Å². The number of hydrogen-bond acceptors (Lipinski definition) is 5. The lowest BCUT2D eigenvalue weighted by Gasteiger charge is -2.27. The van der Waals surface area contributed by atoms with Gasteiger partial charge in [0, 0.05) is 27.6 Å². The van der Waals surface area contributed by atoms with Crippen molar-refractivity contribution in [2.45, 2.75) is 43.7 Å². The highest BCUT2D eigenvalue weighted by Crippen LogP contribution is 2.34. The minimum atomic E-state index is -3.89. The van der Waals surface area contributed by atoms with Crippen molar-refractivity contribution in [2.24, 2.45) is 0 Å². The van der Waals surface area contributed by atoms with E-state index in [2.05, 4.69) is 26.0 Å². The first kappa shape index (κ1) is 22.6. The molecule has 0 radical (unpaired) electrons. The summed E-state index contributed by atoms with van der Waals surface area (Å²) in [6, 6.07) is 9.78. The molecule has 0 saturated carbocycles. The van der Waals surface area contributed by atoms with Gasteiger partial charge >= 0.3 is 0 Å². The second-order valence-corrected chi connectivity index (χ2v) is 10.6. The summed E-state index contributed by atoms with van der Waals surface area (Å²) in [6.45, 7) is 5.72. The molecule has 0 saturated heterocycles. The lowest BCUT2D eigenvalue weighted by atomic mass is 10.00. The Kier molecular flexibility index (Phi) is 6.45. The van der Waals surface area contributed by atoms with Crippen molar-refractivity contribution in [3.05, 3.63) is 52.0 Å². The molecular weight excluding hydrogens is 472 g/mol. The molecule has 0 aliphatic carbocycles. The highest BCUT2D eigenvalue weighted by atomic mass is 79.9. The molecule has 2 aromatic rings. The standard InChI is InChI=1S/C21H25BrN2O5S/c1-21(2,3)24-30(26,27)19-11-13(5-7-18(19)28-4)20(25)23-16-9-10-29-17-8-6-14(22)12-15(16)17/h5-8,11-12,16,24H,9-10H2,1-4H3,(H,23,25). The molecule has 1 aliphatic heterocycles. The fourth-order valence-corrected chi connectivity index (χ4v) is 5.24. The monoisotopic (exact) mass is 496 g/mol. The molecule has 1 atom stereocenters. The molecule has 3 rings (SSSR count). The van der Waals surface area contributed by atoms with Crippen LogP contribution in [0.5, 0.6) is 11.5 Å². The number of benzene rings is 2.